The van der Waals surface area contributed by atoms with E-state index in [1.807, 2.05) is 0 Å². The van der Waals surface area contributed by atoms with Crippen LogP contribution >= 0.6 is 27.5 Å². The maximum absolute atomic E-state index is 13.3. The van der Waals surface area contributed by atoms with Gasteiger partial charge in [-0.15, -0.1) is 0 Å². The van der Waals surface area contributed by atoms with E-state index in [2.05, 4.69) is 26.2 Å². The lowest BCUT2D eigenvalue weighted by atomic mass is 10.1. The van der Waals surface area contributed by atoms with Gasteiger partial charge >= 0.3 is 5.69 Å². The van der Waals surface area contributed by atoms with Gasteiger partial charge in [-0.3, -0.25) is 10.1 Å². The molecular weight excluding hydrogens is 381 g/mol. The minimum absolute atomic E-state index is 0.0154. The second-order valence-corrected chi connectivity index (χ2v) is 5.67. The second kappa shape index (κ2) is 6.99. The summed E-state index contributed by atoms with van der Waals surface area (Å²) >= 11 is 8.66. The van der Waals surface area contributed by atoms with E-state index < -0.39 is 16.8 Å². The van der Waals surface area contributed by atoms with Gasteiger partial charge in [0.25, 0.3) is 0 Å². The van der Waals surface area contributed by atoms with E-state index in [-0.39, 0.29) is 23.1 Å². The van der Waals surface area contributed by atoms with Crippen molar-refractivity contribution in [3.05, 3.63) is 61.5 Å². The fourth-order valence-corrected chi connectivity index (χ4v) is 2.17. The first kappa shape index (κ1) is 16.6. The molecule has 0 fully saturated rings. The molecule has 1 heterocycles. The number of aliphatic hydroxyl groups excluding tert-OH is 1. The number of nitrogens with zero attached hydrogens (tertiary/aromatic N) is 2. The van der Waals surface area contributed by atoms with Gasteiger partial charge in [-0.2, -0.15) is 0 Å². The molecule has 1 unspecified atom stereocenters. The van der Waals surface area contributed by atoms with Gasteiger partial charge in [0.1, 0.15) is 5.82 Å². The highest BCUT2D eigenvalue weighted by Gasteiger charge is 2.17. The monoisotopic (exact) mass is 389 g/mol. The summed E-state index contributed by atoms with van der Waals surface area (Å²) in [5.41, 5.74) is 0.0676. The summed E-state index contributed by atoms with van der Waals surface area (Å²) in [7, 11) is 0. The van der Waals surface area contributed by atoms with E-state index in [0.29, 0.717) is 10.0 Å². The number of benzene rings is 1. The molecule has 0 aliphatic carbocycles. The zero-order valence-corrected chi connectivity index (χ0v) is 13.3. The number of pyridine rings is 1. The highest BCUT2D eigenvalue weighted by atomic mass is 79.9. The second-order valence-electron chi connectivity index (χ2n) is 4.35. The van der Waals surface area contributed by atoms with Crippen LogP contribution in [-0.4, -0.2) is 21.6 Å². The molecule has 0 saturated carbocycles. The molecule has 22 heavy (non-hydrogen) atoms. The van der Waals surface area contributed by atoms with Crippen LogP contribution in [0.3, 0.4) is 0 Å². The average molecular weight is 391 g/mol. The van der Waals surface area contributed by atoms with Crippen LogP contribution in [0.1, 0.15) is 11.7 Å². The molecule has 6 nitrogen and oxygen atoms in total. The minimum atomic E-state index is -1.07. The quantitative estimate of drug-likeness (QED) is 0.600. The number of aromatic nitrogens is 1. The Morgan fingerprint density at radius 2 is 2.23 bits per heavy atom. The number of hydrogen-bond acceptors (Lipinski definition) is 5. The van der Waals surface area contributed by atoms with Crippen LogP contribution in [-0.2, 0) is 0 Å². The molecule has 9 heteroatoms. The number of hydrogen-bond donors (Lipinski definition) is 2. The van der Waals surface area contributed by atoms with E-state index >= 15 is 0 Å². The molecule has 1 atom stereocenters. The maximum Gasteiger partial charge on any atom is 0.312 e. The first-order valence-electron chi connectivity index (χ1n) is 6.05. The van der Waals surface area contributed by atoms with Crippen molar-refractivity contribution in [2.45, 2.75) is 6.10 Å². The Morgan fingerprint density at radius 1 is 1.50 bits per heavy atom. The SMILES string of the molecule is O=[N+]([O-])c1cc(Br)cnc1NCC(O)c1ccc(Cl)c(F)c1. The molecule has 0 aliphatic heterocycles. The van der Waals surface area contributed by atoms with Crippen LogP contribution in [0.25, 0.3) is 0 Å². The molecule has 0 aliphatic rings. The predicted molar refractivity (Wildman–Crippen MR) is 83.5 cm³/mol. The number of aliphatic hydroxyl groups is 1. The number of nitro groups is 1. The van der Waals surface area contributed by atoms with Crippen LogP contribution < -0.4 is 5.32 Å². The zero-order chi connectivity index (χ0) is 16.3. The van der Waals surface area contributed by atoms with E-state index in [1.165, 1.54) is 24.4 Å². The van der Waals surface area contributed by atoms with Crippen molar-refractivity contribution in [2.75, 3.05) is 11.9 Å². The summed E-state index contributed by atoms with van der Waals surface area (Å²) in [5.74, 6) is -0.632. The van der Waals surface area contributed by atoms with Crippen molar-refractivity contribution in [1.29, 1.82) is 0 Å². The summed E-state index contributed by atoms with van der Waals surface area (Å²) in [5, 5.41) is 23.6. The van der Waals surface area contributed by atoms with Crippen LogP contribution in [0.15, 0.2) is 34.9 Å². The van der Waals surface area contributed by atoms with E-state index in [0.717, 1.165) is 6.07 Å². The Hall–Kier alpha value is -1.77. The molecule has 2 rings (SSSR count). The normalized spacial score (nSPS) is 12.0. The Morgan fingerprint density at radius 3 is 2.86 bits per heavy atom. The molecule has 116 valence electrons. The topological polar surface area (TPSA) is 88.3 Å². The number of halogens is 3. The molecule has 0 radical (unpaired) electrons. The van der Waals surface area contributed by atoms with Gasteiger partial charge in [0, 0.05) is 23.3 Å². The minimum Gasteiger partial charge on any atom is -0.387 e. The largest absolute Gasteiger partial charge is 0.387 e. The lowest BCUT2D eigenvalue weighted by molar-refractivity contribution is -0.384. The number of nitrogens with one attached hydrogen (secondary N) is 1. The third kappa shape index (κ3) is 3.90. The number of rotatable bonds is 5. The van der Waals surface area contributed by atoms with Crippen molar-refractivity contribution in [3.63, 3.8) is 0 Å². The van der Waals surface area contributed by atoms with Gasteiger partial charge in [0.2, 0.25) is 5.82 Å². The molecule has 2 N–H and O–H groups in total. The van der Waals surface area contributed by atoms with Crippen LogP contribution in [0.4, 0.5) is 15.9 Å². The van der Waals surface area contributed by atoms with Crippen molar-refractivity contribution in [3.8, 4) is 0 Å². The highest BCUT2D eigenvalue weighted by Crippen LogP contribution is 2.26. The number of anilines is 1. The molecule has 0 bridgehead atoms. The summed E-state index contributed by atoms with van der Waals surface area (Å²) in [6, 6.07) is 5.21. The molecule has 0 saturated heterocycles. The Kier molecular flexibility index (Phi) is 5.28. The van der Waals surface area contributed by atoms with E-state index in [1.54, 1.807) is 0 Å². The van der Waals surface area contributed by atoms with E-state index in [4.69, 9.17) is 11.6 Å². The van der Waals surface area contributed by atoms with E-state index in [9.17, 15) is 19.6 Å². The van der Waals surface area contributed by atoms with Gasteiger partial charge in [0.05, 0.1) is 16.0 Å². The summed E-state index contributed by atoms with van der Waals surface area (Å²) in [6.07, 6.45) is 0.320. The first-order valence-corrected chi connectivity index (χ1v) is 7.22. The first-order chi connectivity index (χ1) is 10.4. The van der Waals surface area contributed by atoms with Crippen molar-refractivity contribution < 1.29 is 14.4 Å². The summed E-state index contributed by atoms with van der Waals surface area (Å²) in [4.78, 5) is 14.3. The molecule has 2 aromatic rings. The highest BCUT2D eigenvalue weighted by molar-refractivity contribution is 9.10. The third-order valence-electron chi connectivity index (χ3n) is 2.82. The predicted octanol–water partition coefficient (Wildman–Crippen LogP) is 3.69. The van der Waals surface area contributed by atoms with Gasteiger partial charge < -0.3 is 10.4 Å². The molecule has 1 aromatic heterocycles. The average Bonchev–Trinajstić information content (AvgIpc) is 2.48. The van der Waals surface area contributed by atoms with Gasteiger partial charge in [-0.25, -0.2) is 9.37 Å². The smallest absolute Gasteiger partial charge is 0.312 e. The Labute approximate surface area is 138 Å². The van der Waals surface area contributed by atoms with Crippen molar-refractivity contribution in [1.82, 2.24) is 4.98 Å². The van der Waals surface area contributed by atoms with Gasteiger partial charge in [-0.1, -0.05) is 17.7 Å². The van der Waals surface area contributed by atoms with Crippen LogP contribution in [0.2, 0.25) is 5.02 Å². The Balaban J connectivity index is 2.12. The van der Waals surface area contributed by atoms with Crippen LogP contribution in [0.5, 0.6) is 0 Å². The molecule has 0 amide bonds. The summed E-state index contributed by atoms with van der Waals surface area (Å²) in [6.45, 7) is -0.0729. The fourth-order valence-electron chi connectivity index (χ4n) is 1.73. The van der Waals surface area contributed by atoms with Gasteiger partial charge in [0.15, 0.2) is 0 Å². The lowest BCUT2D eigenvalue weighted by Crippen LogP contribution is -2.14. The Bertz CT molecular complexity index is 717. The summed E-state index contributed by atoms with van der Waals surface area (Å²) < 4.78 is 13.8. The third-order valence-corrected chi connectivity index (χ3v) is 3.56. The molecule has 0 spiro atoms. The zero-order valence-electron chi connectivity index (χ0n) is 11.0. The van der Waals surface area contributed by atoms with Gasteiger partial charge in [-0.05, 0) is 33.6 Å². The van der Waals surface area contributed by atoms with Crippen molar-refractivity contribution in [2.24, 2.45) is 0 Å². The maximum atomic E-state index is 13.3. The molecular formula is C13H10BrClFN3O3. The fraction of sp³-hybridized carbons (Fsp3) is 0.154. The molecule has 1 aromatic carbocycles. The van der Waals surface area contributed by atoms with Crippen molar-refractivity contribution >= 4 is 39.0 Å². The van der Waals surface area contributed by atoms with Crippen LogP contribution in [0, 0.1) is 15.9 Å². The standard InChI is InChI=1S/C13H10BrClFN3O3/c14-8-4-11(19(21)22)13(17-5-8)18-6-12(20)7-1-2-9(15)10(16)3-7/h1-5,12,20H,6H2,(H,17,18). The lowest BCUT2D eigenvalue weighted by Gasteiger charge is -2.13.